The molecule has 0 spiro atoms. The van der Waals surface area contributed by atoms with Crippen molar-refractivity contribution in [2.45, 2.75) is 6.92 Å². The van der Waals surface area contributed by atoms with Crippen molar-refractivity contribution in [3.8, 4) is 0 Å². The van der Waals surface area contributed by atoms with Crippen molar-refractivity contribution < 1.29 is 9.53 Å². The molecule has 0 aliphatic heterocycles. The summed E-state index contributed by atoms with van der Waals surface area (Å²) >= 11 is 0. The number of carbonyl (C=O) groups is 1. The van der Waals surface area contributed by atoms with Gasteiger partial charge in [-0.25, -0.2) is 4.79 Å². The number of methoxy groups -OCH3 is 1. The molecule has 0 aliphatic carbocycles. The number of ether oxygens (including phenoxy) is 1. The molecule has 0 saturated heterocycles. The second-order valence-electron chi connectivity index (χ2n) is 1.41. The summed E-state index contributed by atoms with van der Waals surface area (Å²) < 4.78 is 4.33. The highest BCUT2D eigenvalue weighted by atomic mass is 16.5. The van der Waals surface area contributed by atoms with E-state index < -0.39 is 0 Å². The number of hydrogen-bond donors (Lipinski definition) is 1. The molecule has 52 valence electrons. The van der Waals surface area contributed by atoms with E-state index in [1.54, 1.807) is 6.20 Å². The lowest BCUT2D eigenvalue weighted by Gasteiger charge is -1.90. The van der Waals surface area contributed by atoms with Crippen molar-refractivity contribution in [1.82, 2.24) is 5.32 Å². The van der Waals surface area contributed by atoms with Crippen LogP contribution in [0.1, 0.15) is 6.92 Å². The number of esters is 1. The molecule has 1 N–H and O–H groups in total. The fraction of sp³-hybridized carbons (Fsp3) is 0.500. The van der Waals surface area contributed by atoms with Crippen LogP contribution in [0.3, 0.4) is 0 Å². The molecule has 0 saturated carbocycles. The molecule has 3 heteroatoms. The first-order chi connectivity index (χ1) is 4.31. The summed E-state index contributed by atoms with van der Waals surface area (Å²) in [5.41, 5.74) is 0. The second-order valence-corrected chi connectivity index (χ2v) is 1.41. The van der Waals surface area contributed by atoms with E-state index in [4.69, 9.17) is 0 Å². The minimum absolute atomic E-state index is 0.337. The van der Waals surface area contributed by atoms with E-state index in [0.717, 1.165) is 6.54 Å². The van der Waals surface area contributed by atoms with Crippen LogP contribution in [0.2, 0.25) is 0 Å². The number of hydrogen-bond acceptors (Lipinski definition) is 3. The minimum atomic E-state index is -0.337. The van der Waals surface area contributed by atoms with Crippen LogP contribution in [0.4, 0.5) is 0 Å². The van der Waals surface area contributed by atoms with E-state index >= 15 is 0 Å². The SMILES string of the molecule is CCNC=CC(=O)OC. The first kappa shape index (κ1) is 8.01. The van der Waals surface area contributed by atoms with Crippen LogP contribution in [0, 0.1) is 0 Å². The van der Waals surface area contributed by atoms with Gasteiger partial charge in [0, 0.05) is 18.8 Å². The third-order valence-electron chi connectivity index (χ3n) is 0.743. The molecule has 0 radical (unpaired) electrons. The smallest absolute Gasteiger partial charge is 0.331 e. The van der Waals surface area contributed by atoms with Gasteiger partial charge < -0.3 is 10.1 Å². The molecule has 0 fully saturated rings. The Morgan fingerprint density at radius 1 is 1.78 bits per heavy atom. The Labute approximate surface area is 54.7 Å². The minimum Gasteiger partial charge on any atom is -0.466 e. The maximum Gasteiger partial charge on any atom is 0.331 e. The molecular formula is C6H11NO2. The maximum absolute atomic E-state index is 10.3. The van der Waals surface area contributed by atoms with Crippen LogP contribution >= 0.6 is 0 Å². The highest BCUT2D eigenvalue weighted by molar-refractivity contribution is 5.81. The average molecular weight is 129 g/mol. The molecule has 0 atom stereocenters. The topological polar surface area (TPSA) is 38.3 Å². The summed E-state index contributed by atoms with van der Waals surface area (Å²) in [6, 6.07) is 0. The zero-order valence-electron chi connectivity index (χ0n) is 5.68. The summed E-state index contributed by atoms with van der Waals surface area (Å²) in [6.45, 7) is 2.76. The van der Waals surface area contributed by atoms with Crippen molar-refractivity contribution in [2.24, 2.45) is 0 Å². The zero-order valence-corrected chi connectivity index (χ0v) is 5.68. The van der Waals surface area contributed by atoms with Gasteiger partial charge in [0.2, 0.25) is 0 Å². The van der Waals surface area contributed by atoms with Gasteiger partial charge in [0.25, 0.3) is 0 Å². The summed E-state index contributed by atoms with van der Waals surface area (Å²) in [5, 5.41) is 2.83. The molecule has 0 rings (SSSR count). The summed E-state index contributed by atoms with van der Waals surface area (Å²) in [4.78, 5) is 10.3. The molecule has 0 aliphatic rings. The van der Waals surface area contributed by atoms with Crippen LogP contribution in [-0.2, 0) is 9.53 Å². The Kier molecular flexibility index (Phi) is 4.59. The van der Waals surface area contributed by atoms with Crippen LogP contribution in [0.15, 0.2) is 12.3 Å². The van der Waals surface area contributed by atoms with Crippen molar-refractivity contribution >= 4 is 5.97 Å². The van der Waals surface area contributed by atoms with Gasteiger partial charge in [-0.2, -0.15) is 0 Å². The van der Waals surface area contributed by atoms with Gasteiger partial charge in [-0.3, -0.25) is 0 Å². The Bertz CT molecular complexity index is 110. The lowest BCUT2D eigenvalue weighted by molar-refractivity contribution is -0.134. The molecule has 3 nitrogen and oxygen atoms in total. The number of carbonyl (C=O) groups excluding carboxylic acids is 1. The molecule has 0 aromatic rings. The normalized spacial score (nSPS) is 9.56. The molecule has 0 heterocycles. The Morgan fingerprint density at radius 3 is 2.89 bits per heavy atom. The third-order valence-corrected chi connectivity index (χ3v) is 0.743. The highest BCUT2D eigenvalue weighted by Gasteiger charge is 1.86. The van der Waals surface area contributed by atoms with E-state index in [2.05, 4.69) is 10.1 Å². The predicted octanol–water partition coefficient (Wildman–Crippen LogP) is 0.283. The quantitative estimate of drug-likeness (QED) is 0.439. The lowest BCUT2D eigenvalue weighted by Crippen LogP contribution is -2.04. The van der Waals surface area contributed by atoms with Crippen LogP contribution in [-0.4, -0.2) is 19.6 Å². The third kappa shape index (κ3) is 4.87. The van der Waals surface area contributed by atoms with E-state index in [0.29, 0.717) is 0 Å². The number of nitrogens with one attached hydrogen (secondary N) is 1. The Balaban J connectivity index is 3.32. The first-order valence-corrected chi connectivity index (χ1v) is 2.79. The van der Waals surface area contributed by atoms with Crippen LogP contribution < -0.4 is 5.32 Å². The molecule has 0 bridgehead atoms. The molecule has 0 aromatic heterocycles. The lowest BCUT2D eigenvalue weighted by atomic mass is 10.6. The predicted molar refractivity (Wildman–Crippen MR) is 34.8 cm³/mol. The van der Waals surface area contributed by atoms with E-state index in [-0.39, 0.29) is 5.97 Å². The average Bonchev–Trinajstić information content (AvgIpc) is 1.89. The van der Waals surface area contributed by atoms with Gasteiger partial charge in [0.1, 0.15) is 0 Å². The van der Waals surface area contributed by atoms with Crippen molar-refractivity contribution in [2.75, 3.05) is 13.7 Å². The zero-order chi connectivity index (χ0) is 7.11. The first-order valence-electron chi connectivity index (χ1n) is 2.79. The molecule has 9 heavy (non-hydrogen) atoms. The second kappa shape index (κ2) is 5.15. The fourth-order valence-electron chi connectivity index (χ4n) is 0.313. The van der Waals surface area contributed by atoms with Gasteiger partial charge in [0.05, 0.1) is 7.11 Å². The standard InChI is InChI=1S/C6H11NO2/c1-3-7-5-4-6(8)9-2/h4-5,7H,3H2,1-2H3. The van der Waals surface area contributed by atoms with Gasteiger partial charge in [-0.1, -0.05) is 0 Å². The van der Waals surface area contributed by atoms with E-state index in [9.17, 15) is 4.79 Å². The molecule has 0 aromatic carbocycles. The van der Waals surface area contributed by atoms with Crippen molar-refractivity contribution in [1.29, 1.82) is 0 Å². The van der Waals surface area contributed by atoms with E-state index in [1.165, 1.54) is 13.2 Å². The van der Waals surface area contributed by atoms with Gasteiger partial charge in [0.15, 0.2) is 0 Å². The Morgan fingerprint density at radius 2 is 2.44 bits per heavy atom. The fourth-order valence-corrected chi connectivity index (χ4v) is 0.313. The van der Waals surface area contributed by atoms with E-state index in [1.807, 2.05) is 6.92 Å². The van der Waals surface area contributed by atoms with Crippen LogP contribution in [0.5, 0.6) is 0 Å². The van der Waals surface area contributed by atoms with Gasteiger partial charge >= 0.3 is 5.97 Å². The monoisotopic (exact) mass is 129 g/mol. The summed E-state index contributed by atoms with van der Waals surface area (Å²) in [7, 11) is 1.35. The molecular weight excluding hydrogens is 118 g/mol. The number of rotatable bonds is 3. The maximum atomic E-state index is 10.3. The molecule has 0 unspecified atom stereocenters. The van der Waals surface area contributed by atoms with Crippen molar-refractivity contribution in [3.63, 3.8) is 0 Å². The van der Waals surface area contributed by atoms with Gasteiger partial charge in [-0.05, 0) is 6.92 Å². The molecule has 0 amide bonds. The summed E-state index contributed by atoms with van der Waals surface area (Å²) in [5.74, 6) is -0.337. The van der Waals surface area contributed by atoms with Crippen molar-refractivity contribution in [3.05, 3.63) is 12.3 Å². The summed E-state index contributed by atoms with van der Waals surface area (Å²) in [6.07, 6.45) is 2.90. The largest absolute Gasteiger partial charge is 0.466 e. The van der Waals surface area contributed by atoms with Gasteiger partial charge in [-0.15, -0.1) is 0 Å². The highest BCUT2D eigenvalue weighted by Crippen LogP contribution is 1.73. The Hall–Kier alpha value is -0.990. The van der Waals surface area contributed by atoms with Crippen LogP contribution in [0.25, 0.3) is 0 Å².